The Morgan fingerprint density at radius 2 is 2.00 bits per heavy atom. The Balaban J connectivity index is 1.65. The normalized spacial score (nSPS) is 11.7. The van der Waals surface area contributed by atoms with E-state index in [0.717, 1.165) is 5.69 Å². The molecule has 1 amide bonds. The van der Waals surface area contributed by atoms with Crippen LogP contribution in [0, 0.1) is 0 Å². The van der Waals surface area contributed by atoms with E-state index in [2.05, 4.69) is 20.8 Å². The lowest BCUT2D eigenvalue weighted by Crippen LogP contribution is -2.30. The highest BCUT2D eigenvalue weighted by Crippen LogP contribution is 2.28. The molecule has 3 rings (SSSR count). The van der Waals surface area contributed by atoms with Crippen molar-refractivity contribution in [3.63, 3.8) is 0 Å². The third-order valence-electron chi connectivity index (χ3n) is 3.55. The molecule has 1 aromatic heterocycles. The molecular formula is C17H16ClN5O3. The molecule has 26 heavy (non-hydrogen) atoms. The summed E-state index contributed by atoms with van der Waals surface area (Å²) in [6, 6.07) is 12.0. The van der Waals surface area contributed by atoms with Gasteiger partial charge in [-0.2, -0.15) is 0 Å². The first-order valence-corrected chi connectivity index (χ1v) is 8.09. The van der Waals surface area contributed by atoms with Crippen LogP contribution in [0.3, 0.4) is 0 Å². The van der Waals surface area contributed by atoms with Gasteiger partial charge in [0.15, 0.2) is 6.10 Å². The second-order valence-electron chi connectivity index (χ2n) is 5.34. The van der Waals surface area contributed by atoms with Gasteiger partial charge in [0.1, 0.15) is 17.8 Å². The predicted molar refractivity (Wildman–Crippen MR) is 95.9 cm³/mol. The summed E-state index contributed by atoms with van der Waals surface area (Å²) in [7, 11) is 1.52. The van der Waals surface area contributed by atoms with Gasteiger partial charge in [-0.3, -0.25) is 4.79 Å². The molecule has 0 spiro atoms. The second kappa shape index (κ2) is 7.83. The van der Waals surface area contributed by atoms with Crippen LogP contribution in [-0.4, -0.2) is 39.3 Å². The van der Waals surface area contributed by atoms with Gasteiger partial charge in [-0.05, 0) is 59.8 Å². The van der Waals surface area contributed by atoms with Crippen LogP contribution in [0.25, 0.3) is 5.69 Å². The van der Waals surface area contributed by atoms with Crippen LogP contribution in [0.2, 0.25) is 5.02 Å². The fourth-order valence-electron chi connectivity index (χ4n) is 2.23. The maximum Gasteiger partial charge on any atom is 0.265 e. The van der Waals surface area contributed by atoms with E-state index in [9.17, 15) is 4.79 Å². The highest BCUT2D eigenvalue weighted by atomic mass is 35.5. The van der Waals surface area contributed by atoms with Crippen LogP contribution in [0.1, 0.15) is 6.92 Å². The second-order valence-corrected chi connectivity index (χ2v) is 5.78. The molecular weight excluding hydrogens is 358 g/mol. The molecule has 1 heterocycles. The van der Waals surface area contributed by atoms with Crippen LogP contribution in [0.15, 0.2) is 48.8 Å². The highest BCUT2D eigenvalue weighted by Gasteiger charge is 2.17. The maximum atomic E-state index is 12.4. The summed E-state index contributed by atoms with van der Waals surface area (Å²) in [6.45, 7) is 1.65. The summed E-state index contributed by atoms with van der Waals surface area (Å²) >= 11 is 5.97. The zero-order chi connectivity index (χ0) is 18.5. The van der Waals surface area contributed by atoms with E-state index in [1.165, 1.54) is 18.1 Å². The number of anilines is 1. The van der Waals surface area contributed by atoms with E-state index < -0.39 is 6.10 Å². The third kappa shape index (κ3) is 4.09. The lowest BCUT2D eigenvalue weighted by molar-refractivity contribution is -0.122. The minimum atomic E-state index is -0.724. The molecule has 1 atom stereocenters. The van der Waals surface area contributed by atoms with Crippen LogP contribution in [0.5, 0.6) is 11.5 Å². The topological polar surface area (TPSA) is 91.2 Å². The Labute approximate surface area is 154 Å². The molecule has 0 radical (unpaired) electrons. The Hall–Kier alpha value is -3.13. The third-order valence-corrected chi connectivity index (χ3v) is 3.79. The van der Waals surface area contributed by atoms with Crippen LogP contribution >= 0.6 is 11.6 Å². The van der Waals surface area contributed by atoms with E-state index in [-0.39, 0.29) is 5.91 Å². The molecule has 2 aromatic carbocycles. The molecule has 0 saturated heterocycles. The van der Waals surface area contributed by atoms with E-state index in [4.69, 9.17) is 21.1 Å². The summed E-state index contributed by atoms with van der Waals surface area (Å²) in [5, 5.41) is 14.2. The minimum absolute atomic E-state index is 0.324. The number of carbonyl (C=O) groups excluding carboxylic acids is 1. The summed E-state index contributed by atoms with van der Waals surface area (Å²) in [6.07, 6.45) is 0.766. The zero-order valence-corrected chi connectivity index (χ0v) is 14.8. The number of amides is 1. The van der Waals surface area contributed by atoms with Gasteiger partial charge in [0.25, 0.3) is 5.91 Å². The quantitative estimate of drug-likeness (QED) is 0.714. The average Bonchev–Trinajstić information content (AvgIpc) is 3.17. The largest absolute Gasteiger partial charge is 0.495 e. The number of nitrogens with zero attached hydrogens (tertiary/aromatic N) is 4. The molecule has 0 aliphatic carbocycles. The van der Waals surface area contributed by atoms with Crippen molar-refractivity contribution in [1.82, 2.24) is 20.2 Å². The number of tetrazole rings is 1. The SMILES string of the molecule is COc1ccc(Cl)cc1NC(=O)C(C)Oc1ccc(-n2cnnn2)cc1. The molecule has 8 nitrogen and oxygen atoms in total. The van der Waals surface area contributed by atoms with Gasteiger partial charge >= 0.3 is 0 Å². The van der Waals surface area contributed by atoms with Gasteiger partial charge < -0.3 is 14.8 Å². The molecule has 134 valence electrons. The van der Waals surface area contributed by atoms with Crippen LogP contribution in [0.4, 0.5) is 5.69 Å². The number of nitrogens with one attached hydrogen (secondary N) is 1. The van der Waals surface area contributed by atoms with Gasteiger partial charge in [-0.15, -0.1) is 5.10 Å². The Morgan fingerprint density at radius 1 is 1.23 bits per heavy atom. The zero-order valence-electron chi connectivity index (χ0n) is 14.1. The fraction of sp³-hybridized carbons (Fsp3) is 0.176. The molecule has 0 aliphatic rings. The van der Waals surface area contributed by atoms with Crippen molar-refractivity contribution in [2.75, 3.05) is 12.4 Å². The van der Waals surface area contributed by atoms with Crippen molar-refractivity contribution in [2.24, 2.45) is 0 Å². The first-order chi connectivity index (χ1) is 12.6. The van der Waals surface area contributed by atoms with Gasteiger partial charge in [-0.25, -0.2) is 4.68 Å². The van der Waals surface area contributed by atoms with Gasteiger partial charge in [-0.1, -0.05) is 11.6 Å². The number of halogens is 1. The molecule has 1 N–H and O–H groups in total. The van der Waals surface area contributed by atoms with Gasteiger partial charge in [0.05, 0.1) is 18.5 Å². The Bertz CT molecular complexity index is 884. The molecule has 1 unspecified atom stereocenters. The summed E-state index contributed by atoms with van der Waals surface area (Å²) in [4.78, 5) is 12.4. The smallest absolute Gasteiger partial charge is 0.265 e. The average molecular weight is 374 g/mol. The molecule has 0 bridgehead atoms. The van der Waals surface area contributed by atoms with Crippen molar-refractivity contribution < 1.29 is 14.3 Å². The maximum absolute atomic E-state index is 12.4. The molecule has 3 aromatic rings. The number of aromatic nitrogens is 4. The van der Waals surface area contributed by atoms with E-state index >= 15 is 0 Å². The number of carbonyl (C=O) groups is 1. The molecule has 0 aliphatic heterocycles. The molecule has 9 heteroatoms. The lowest BCUT2D eigenvalue weighted by atomic mass is 10.2. The first kappa shape index (κ1) is 17.7. The van der Waals surface area contributed by atoms with Crippen molar-refractivity contribution in [1.29, 1.82) is 0 Å². The Morgan fingerprint density at radius 3 is 2.65 bits per heavy atom. The Kier molecular flexibility index (Phi) is 5.33. The summed E-state index contributed by atoms with van der Waals surface area (Å²) < 4.78 is 12.4. The highest BCUT2D eigenvalue weighted by molar-refractivity contribution is 6.31. The van der Waals surface area contributed by atoms with Crippen molar-refractivity contribution in [3.8, 4) is 17.2 Å². The summed E-state index contributed by atoms with van der Waals surface area (Å²) in [5.41, 5.74) is 1.26. The summed E-state index contributed by atoms with van der Waals surface area (Å²) in [5.74, 6) is 0.735. The van der Waals surface area contributed by atoms with Gasteiger partial charge in [0.2, 0.25) is 0 Å². The number of benzene rings is 2. The van der Waals surface area contributed by atoms with Crippen molar-refractivity contribution in [3.05, 3.63) is 53.8 Å². The van der Waals surface area contributed by atoms with Crippen LogP contribution in [-0.2, 0) is 4.79 Å². The molecule has 0 saturated carbocycles. The number of rotatable bonds is 6. The molecule has 0 fully saturated rings. The van der Waals surface area contributed by atoms with Crippen LogP contribution < -0.4 is 14.8 Å². The predicted octanol–water partition coefficient (Wildman–Crippen LogP) is 2.73. The van der Waals surface area contributed by atoms with Crippen molar-refractivity contribution in [2.45, 2.75) is 13.0 Å². The fourth-order valence-corrected chi connectivity index (χ4v) is 2.40. The number of ether oxygens (including phenoxy) is 2. The van der Waals surface area contributed by atoms with Gasteiger partial charge in [0, 0.05) is 5.02 Å². The van der Waals surface area contributed by atoms with E-state index in [0.29, 0.717) is 22.2 Å². The van der Waals surface area contributed by atoms with E-state index in [1.807, 2.05) is 0 Å². The standard InChI is InChI=1S/C17H16ClN5O3/c1-11(17(24)20-15-9-12(18)3-8-16(15)25-2)26-14-6-4-13(5-7-14)23-10-19-21-22-23/h3-11H,1-2H3,(H,20,24). The monoisotopic (exact) mass is 373 g/mol. The minimum Gasteiger partial charge on any atom is -0.495 e. The number of hydrogen-bond donors (Lipinski definition) is 1. The lowest BCUT2D eigenvalue weighted by Gasteiger charge is -2.16. The number of methoxy groups -OCH3 is 1. The number of hydrogen-bond acceptors (Lipinski definition) is 6. The first-order valence-electron chi connectivity index (χ1n) is 7.71. The van der Waals surface area contributed by atoms with E-state index in [1.54, 1.807) is 49.4 Å². The van der Waals surface area contributed by atoms with Crippen molar-refractivity contribution >= 4 is 23.2 Å².